The summed E-state index contributed by atoms with van der Waals surface area (Å²) in [6, 6.07) is 9.75. The maximum atomic E-state index is 9.08. The lowest BCUT2D eigenvalue weighted by atomic mass is 10.2. The highest BCUT2D eigenvalue weighted by molar-refractivity contribution is 5.55. The largest absolute Gasteiger partial charge is 0.395 e. The van der Waals surface area contributed by atoms with E-state index in [-0.39, 0.29) is 6.61 Å². The van der Waals surface area contributed by atoms with Gasteiger partial charge in [0, 0.05) is 49.6 Å². The van der Waals surface area contributed by atoms with Crippen molar-refractivity contribution in [2.24, 2.45) is 0 Å². The smallest absolute Gasteiger partial charge is 0.0606 e. The summed E-state index contributed by atoms with van der Waals surface area (Å²) in [5.41, 5.74) is 2.36. The highest BCUT2D eigenvalue weighted by Crippen LogP contribution is 2.21. The van der Waals surface area contributed by atoms with E-state index in [1.165, 1.54) is 24.3 Å². The van der Waals surface area contributed by atoms with E-state index in [9.17, 15) is 0 Å². The zero-order valence-electron chi connectivity index (χ0n) is 13.5. The van der Waals surface area contributed by atoms with E-state index in [1.807, 2.05) is 0 Å². The summed E-state index contributed by atoms with van der Waals surface area (Å²) in [6.07, 6.45) is 1.21. The van der Waals surface area contributed by atoms with Crippen LogP contribution in [-0.2, 0) is 0 Å². The molecule has 1 unspecified atom stereocenters. The molecule has 1 heterocycles. The van der Waals surface area contributed by atoms with Gasteiger partial charge >= 0.3 is 0 Å². The number of hydrogen-bond donors (Lipinski definition) is 2. The zero-order valence-corrected chi connectivity index (χ0v) is 13.5. The molecule has 1 saturated heterocycles. The van der Waals surface area contributed by atoms with Gasteiger partial charge in [-0.25, -0.2) is 0 Å². The summed E-state index contributed by atoms with van der Waals surface area (Å²) in [4.78, 5) is 4.70. The molecule has 2 rings (SSSR count). The van der Waals surface area contributed by atoms with E-state index in [2.05, 4.69) is 60.2 Å². The lowest BCUT2D eigenvalue weighted by Crippen LogP contribution is -2.31. The first-order valence-electron chi connectivity index (χ1n) is 8.10. The van der Waals surface area contributed by atoms with E-state index in [1.54, 1.807) is 0 Å². The average molecular weight is 291 g/mol. The molecule has 0 bridgehead atoms. The quantitative estimate of drug-likeness (QED) is 0.809. The number of anilines is 2. The summed E-state index contributed by atoms with van der Waals surface area (Å²) in [7, 11) is 0. The van der Waals surface area contributed by atoms with Gasteiger partial charge in [0.2, 0.25) is 0 Å². The second kappa shape index (κ2) is 7.66. The van der Waals surface area contributed by atoms with Crippen molar-refractivity contribution in [3.8, 4) is 0 Å². The molecule has 0 aliphatic carbocycles. The molecule has 118 valence electrons. The summed E-state index contributed by atoms with van der Waals surface area (Å²) >= 11 is 0. The Balaban J connectivity index is 1.91. The number of nitrogens with zero attached hydrogens (tertiary/aromatic N) is 2. The fourth-order valence-corrected chi connectivity index (χ4v) is 2.97. The van der Waals surface area contributed by atoms with Crippen molar-refractivity contribution >= 4 is 11.4 Å². The molecule has 1 aromatic carbocycles. The fraction of sp³-hybridized carbons (Fsp3) is 0.647. The summed E-state index contributed by atoms with van der Waals surface area (Å²) in [5.74, 6) is 0. The molecule has 0 radical (unpaired) electrons. The first-order valence-corrected chi connectivity index (χ1v) is 8.10. The Bertz CT molecular complexity index is 419. The van der Waals surface area contributed by atoms with Gasteiger partial charge in [-0.2, -0.15) is 0 Å². The Kier molecular flexibility index (Phi) is 5.88. The van der Waals surface area contributed by atoms with E-state index < -0.39 is 0 Å². The Morgan fingerprint density at radius 2 is 2.05 bits per heavy atom. The topological polar surface area (TPSA) is 38.7 Å². The molecule has 4 nitrogen and oxygen atoms in total. The van der Waals surface area contributed by atoms with E-state index in [0.717, 1.165) is 13.1 Å². The van der Waals surface area contributed by atoms with E-state index >= 15 is 0 Å². The molecule has 0 saturated carbocycles. The monoisotopic (exact) mass is 291 g/mol. The standard InChI is InChI=1S/C17H29N3O/c1-4-19(11-12-21)17-7-5-15(6-8-17)18-16-9-10-20(13-16)14(2)3/h5-8,14,16,18,21H,4,9-13H2,1-3H3. The number of hydrogen-bond acceptors (Lipinski definition) is 4. The highest BCUT2D eigenvalue weighted by atomic mass is 16.3. The van der Waals surface area contributed by atoms with Gasteiger partial charge in [-0.1, -0.05) is 0 Å². The van der Waals surface area contributed by atoms with Gasteiger partial charge in [0.05, 0.1) is 6.61 Å². The number of aliphatic hydroxyl groups is 1. The molecular formula is C17H29N3O. The van der Waals surface area contributed by atoms with Gasteiger partial charge in [0.1, 0.15) is 0 Å². The maximum Gasteiger partial charge on any atom is 0.0606 e. The van der Waals surface area contributed by atoms with Crippen molar-refractivity contribution in [2.45, 2.75) is 39.3 Å². The Morgan fingerprint density at radius 1 is 1.33 bits per heavy atom. The van der Waals surface area contributed by atoms with Crippen LogP contribution < -0.4 is 10.2 Å². The van der Waals surface area contributed by atoms with Gasteiger partial charge in [-0.15, -0.1) is 0 Å². The molecule has 4 heteroatoms. The molecule has 2 N–H and O–H groups in total. The molecule has 0 spiro atoms. The minimum absolute atomic E-state index is 0.195. The molecule has 1 aliphatic rings. The minimum Gasteiger partial charge on any atom is -0.395 e. The van der Waals surface area contributed by atoms with Crippen molar-refractivity contribution in [3.63, 3.8) is 0 Å². The summed E-state index contributed by atoms with van der Waals surface area (Å²) < 4.78 is 0. The predicted molar refractivity (Wildman–Crippen MR) is 90.2 cm³/mol. The number of aliphatic hydroxyl groups excluding tert-OH is 1. The first kappa shape index (κ1) is 16.1. The van der Waals surface area contributed by atoms with Gasteiger partial charge in [0.15, 0.2) is 0 Å². The van der Waals surface area contributed by atoms with Crippen LogP contribution in [0.1, 0.15) is 27.2 Å². The third kappa shape index (κ3) is 4.35. The predicted octanol–water partition coefficient (Wildman–Crippen LogP) is 2.40. The normalized spacial score (nSPS) is 19.2. The molecule has 0 amide bonds. The lowest BCUT2D eigenvalue weighted by Gasteiger charge is -2.23. The fourth-order valence-electron chi connectivity index (χ4n) is 2.97. The van der Waals surface area contributed by atoms with Crippen LogP contribution in [0.5, 0.6) is 0 Å². The first-order chi connectivity index (χ1) is 10.1. The van der Waals surface area contributed by atoms with Gasteiger partial charge < -0.3 is 15.3 Å². The van der Waals surface area contributed by atoms with Crippen molar-refractivity contribution in [3.05, 3.63) is 24.3 Å². The molecule has 1 atom stereocenters. The Hall–Kier alpha value is -1.26. The third-order valence-corrected chi connectivity index (χ3v) is 4.30. The number of likely N-dealkylation sites (N-methyl/N-ethyl adjacent to an activating group) is 1. The van der Waals surface area contributed by atoms with Crippen LogP contribution >= 0.6 is 0 Å². The molecule has 0 aromatic heterocycles. The molecule has 1 aliphatic heterocycles. The van der Waals surface area contributed by atoms with Crippen LogP contribution in [0.2, 0.25) is 0 Å². The minimum atomic E-state index is 0.195. The van der Waals surface area contributed by atoms with Crippen molar-refractivity contribution in [1.29, 1.82) is 0 Å². The second-order valence-corrected chi connectivity index (χ2v) is 6.07. The number of likely N-dealkylation sites (tertiary alicyclic amines) is 1. The molecular weight excluding hydrogens is 262 g/mol. The van der Waals surface area contributed by atoms with Crippen molar-refractivity contribution in [1.82, 2.24) is 4.90 Å². The van der Waals surface area contributed by atoms with E-state index in [4.69, 9.17) is 5.11 Å². The Labute approximate surface area is 128 Å². The Morgan fingerprint density at radius 3 is 2.57 bits per heavy atom. The SMILES string of the molecule is CCN(CCO)c1ccc(NC2CCN(C(C)C)C2)cc1. The van der Waals surface area contributed by atoms with Crippen LogP contribution in [0.25, 0.3) is 0 Å². The van der Waals surface area contributed by atoms with Crippen LogP contribution in [-0.4, -0.2) is 54.9 Å². The average Bonchev–Trinajstić information content (AvgIpc) is 2.94. The van der Waals surface area contributed by atoms with Gasteiger partial charge in [-0.3, -0.25) is 4.90 Å². The summed E-state index contributed by atoms with van der Waals surface area (Å²) in [5, 5.41) is 12.7. The number of nitrogens with one attached hydrogen (secondary N) is 1. The summed E-state index contributed by atoms with van der Waals surface area (Å²) in [6.45, 7) is 10.8. The maximum absolute atomic E-state index is 9.08. The number of rotatable bonds is 7. The van der Waals surface area contributed by atoms with Gasteiger partial charge in [-0.05, 0) is 51.5 Å². The van der Waals surface area contributed by atoms with Crippen LogP contribution in [0, 0.1) is 0 Å². The molecule has 21 heavy (non-hydrogen) atoms. The molecule has 1 aromatic rings. The van der Waals surface area contributed by atoms with E-state index in [0.29, 0.717) is 18.6 Å². The second-order valence-electron chi connectivity index (χ2n) is 6.07. The lowest BCUT2D eigenvalue weighted by molar-refractivity contribution is 0.274. The molecule has 1 fully saturated rings. The zero-order chi connectivity index (χ0) is 15.2. The highest BCUT2D eigenvalue weighted by Gasteiger charge is 2.23. The third-order valence-electron chi connectivity index (χ3n) is 4.30. The van der Waals surface area contributed by atoms with Crippen molar-refractivity contribution in [2.75, 3.05) is 43.0 Å². The van der Waals surface area contributed by atoms with Crippen LogP contribution in [0.4, 0.5) is 11.4 Å². The van der Waals surface area contributed by atoms with Crippen LogP contribution in [0.15, 0.2) is 24.3 Å². The van der Waals surface area contributed by atoms with Crippen molar-refractivity contribution < 1.29 is 5.11 Å². The van der Waals surface area contributed by atoms with Crippen LogP contribution in [0.3, 0.4) is 0 Å². The van der Waals surface area contributed by atoms with Gasteiger partial charge in [0.25, 0.3) is 0 Å². The number of benzene rings is 1.